The van der Waals surface area contributed by atoms with Gasteiger partial charge >= 0.3 is 0 Å². The third kappa shape index (κ3) is 4.70. The number of carbonyl (C=O) groups is 1. The van der Waals surface area contributed by atoms with Gasteiger partial charge in [-0.15, -0.1) is 0 Å². The summed E-state index contributed by atoms with van der Waals surface area (Å²) in [6.07, 6.45) is 0. The number of benzene rings is 2. The van der Waals surface area contributed by atoms with E-state index in [1.807, 2.05) is 25.1 Å². The Balaban J connectivity index is 2.09. The largest absolute Gasteiger partial charge is 0.495 e. The zero-order chi connectivity index (χ0) is 18.4. The molecule has 0 saturated heterocycles. The Hall–Kier alpha value is -2.60. The molecule has 0 aliphatic rings. The fourth-order valence-corrected chi connectivity index (χ4v) is 2.52. The Morgan fingerprint density at radius 1 is 0.960 bits per heavy atom. The van der Waals surface area contributed by atoms with E-state index in [9.17, 15) is 4.79 Å². The maximum Gasteiger partial charge on any atom is 0.243 e. The number of rotatable bonds is 7. The van der Waals surface area contributed by atoms with Crippen LogP contribution in [-0.4, -0.2) is 33.8 Å². The van der Waals surface area contributed by atoms with Gasteiger partial charge in [0.05, 0.1) is 44.3 Å². The van der Waals surface area contributed by atoms with Gasteiger partial charge in [-0.2, -0.15) is 0 Å². The van der Waals surface area contributed by atoms with Crippen molar-refractivity contribution in [3.63, 3.8) is 0 Å². The first-order valence-corrected chi connectivity index (χ1v) is 7.96. The van der Waals surface area contributed by atoms with E-state index < -0.39 is 0 Å². The van der Waals surface area contributed by atoms with E-state index in [4.69, 9.17) is 25.8 Å². The maximum absolute atomic E-state index is 12.3. The molecule has 0 fully saturated rings. The van der Waals surface area contributed by atoms with Crippen LogP contribution >= 0.6 is 11.6 Å². The minimum absolute atomic E-state index is 0.0634. The smallest absolute Gasteiger partial charge is 0.243 e. The average molecular weight is 365 g/mol. The van der Waals surface area contributed by atoms with Crippen molar-refractivity contribution in [3.8, 4) is 17.2 Å². The Labute approximate surface area is 152 Å². The fourth-order valence-electron chi connectivity index (χ4n) is 2.29. The lowest BCUT2D eigenvalue weighted by molar-refractivity contribution is -0.114. The number of aryl methyl sites for hydroxylation is 1. The van der Waals surface area contributed by atoms with Crippen LogP contribution in [0, 0.1) is 6.92 Å². The first-order chi connectivity index (χ1) is 12.0. The first kappa shape index (κ1) is 18.7. The summed E-state index contributed by atoms with van der Waals surface area (Å²) in [6, 6.07) is 8.91. The van der Waals surface area contributed by atoms with Crippen molar-refractivity contribution in [1.29, 1.82) is 0 Å². The minimum atomic E-state index is -0.244. The lowest BCUT2D eigenvalue weighted by Gasteiger charge is -2.15. The summed E-state index contributed by atoms with van der Waals surface area (Å²) in [6.45, 7) is 2.03. The molecule has 0 heterocycles. The molecule has 2 N–H and O–H groups in total. The number of carbonyl (C=O) groups excluding carboxylic acids is 1. The predicted molar refractivity (Wildman–Crippen MR) is 99.4 cm³/mol. The number of nitrogens with one attached hydrogen (secondary N) is 2. The summed E-state index contributed by atoms with van der Waals surface area (Å²) in [4.78, 5) is 12.3. The molecule has 134 valence electrons. The third-order valence-electron chi connectivity index (χ3n) is 3.54. The van der Waals surface area contributed by atoms with Crippen molar-refractivity contribution in [2.75, 3.05) is 38.5 Å². The summed E-state index contributed by atoms with van der Waals surface area (Å²) in [5, 5.41) is 6.25. The molecule has 0 unspecified atom stereocenters. The lowest BCUT2D eigenvalue weighted by atomic mass is 10.2. The monoisotopic (exact) mass is 364 g/mol. The van der Waals surface area contributed by atoms with E-state index >= 15 is 0 Å². The molecule has 2 rings (SSSR count). The van der Waals surface area contributed by atoms with Crippen LogP contribution in [0.2, 0.25) is 5.02 Å². The van der Waals surface area contributed by atoms with E-state index in [0.29, 0.717) is 28.0 Å². The van der Waals surface area contributed by atoms with Crippen LogP contribution in [-0.2, 0) is 4.79 Å². The molecule has 0 aromatic heterocycles. The van der Waals surface area contributed by atoms with Crippen molar-refractivity contribution in [2.45, 2.75) is 6.92 Å². The molecule has 2 aromatic carbocycles. The number of ether oxygens (including phenoxy) is 3. The van der Waals surface area contributed by atoms with Crippen LogP contribution in [0.1, 0.15) is 5.56 Å². The molecule has 0 bridgehead atoms. The van der Waals surface area contributed by atoms with Gasteiger partial charge in [0, 0.05) is 12.1 Å². The van der Waals surface area contributed by atoms with E-state index in [1.165, 1.54) is 14.2 Å². The lowest BCUT2D eigenvalue weighted by Crippen LogP contribution is -2.22. The molecule has 0 saturated carbocycles. The van der Waals surface area contributed by atoms with Gasteiger partial charge in [0.2, 0.25) is 5.91 Å². The molecule has 0 aliphatic heterocycles. The van der Waals surface area contributed by atoms with Crippen LogP contribution in [0.15, 0.2) is 30.3 Å². The van der Waals surface area contributed by atoms with Gasteiger partial charge in [-0.05, 0) is 24.6 Å². The maximum atomic E-state index is 12.3. The van der Waals surface area contributed by atoms with Crippen LogP contribution in [0.3, 0.4) is 0 Å². The molecule has 2 aromatic rings. The third-order valence-corrected chi connectivity index (χ3v) is 3.84. The molecule has 0 aliphatic carbocycles. The summed E-state index contributed by atoms with van der Waals surface area (Å²) in [5.41, 5.74) is 2.29. The van der Waals surface area contributed by atoms with Crippen LogP contribution in [0.25, 0.3) is 0 Å². The molecular formula is C18H21ClN2O4. The van der Waals surface area contributed by atoms with Crippen LogP contribution in [0.4, 0.5) is 11.4 Å². The van der Waals surface area contributed by atoms with Crippen molar-refractivity contribution in [1.82, 2.24) is 0 Å². The number of anilines is 2. The zero-order valence-electron chi connectivity index (χ0n) is 14.6. The molecule has 7 heteroatoms. The zero-order valence-corrected chi connectivity index (χ0v) is 15.4. The van der Waals surface area contributed by atoms with E-state index in [1.54, 1.807) is 19.2 Å². The molecule has 6 nitrogen and oxygen atoms in total. The topological polar surface area (TPSA) is 68.8 Å². The second-order valence-electron chi connectivity index (χ2n) is 5.29. The Morgan fingerprint density at radius 3 is 2.28 bits per heavy atom. The summed E-state index contributed by atoms with van der Waals surface area (Å²) < 4.78 is 15.7. The van der Waals surface area contributed by atoms with Gasteiger partial charge in [0.25, 0.3) is 0 Å². The Bertz CT molecular complexity index is 765. The molecular weight excluding hydrogens is 344 g/mol. The van der Waals surface area contributed by atoms with Crippen LogP contribution < -0.4 is 24.8 Å². The normalized spacial score (nSPS) is 10.1. The number of hydrogen-bond acceptors (Lipinski definition) is 5. The van der Waals surface area contributed by atoms with Crippen molar-refractivity contribution < 1.29 is 19.0 Å². The van der Waals surface area contributed by atoms with Crippen LogP contribution in [0.5, 0.6) is 17.2 Å². The van der Waals surface area contributed by atoms with E-state index in [-0.39, 0.29) is 12.5 Å². The highest BCUT2D eigenvalue weighted by Gasteiger charge is 2.13. The summed E-state index contributed by atoms with van der Waals surface area (Å²) in [5.74, 6) is 1.33. The van der Waals surface area contributed by atoms with Crippen molar-refractivity contribution >= 4 is 28.9 Å². The van der Waals surface area contributed by atoms with Gasteiger partial charge in [-0.3, -0.25) is 4.79 Å². The van der Waals surface area contributed by atoms with Gasteiger partial charge in [-0.25, -0.2) is 0 Å². The first-order valence-electron chi connectivity index (χ1n) is 7.58. The minimum Gasteiger partial charge on any atom is -0.495 e. The van der Waals surface area contributed by atoms with E-state index in [2.05, 4.69) is 10.6 Å². The van der Waals surface area contributed by atoms with Crippen molar-refractivity contribution in [3.05, 3.63) is 40.9 Å². The van der Waals surface area contributed by atoms with Gasteiger partial charge < -0.3 is 24.8 Å². The Morgan fingerprint density at radius 2 is 1.64 bits per heavy atom. The van der Waals surface area contributed by atoms with E-state index in [0.717, 1.165) is 11.3 Å². The summed E-state index contributed by atoms with van der Waals surface area (Å²) >= 11 is 6.06. The highest BCUT2D eigenvalue weighted by atomic mass is 35.5. The van der Waals surface area contributed by atoms with Crippen molar-refractivity contribution in [2.24, 2.45) is 0 Å². The highest BCUT2D eigenvalue weighted by molar-refractivity contribution is 6.32. The average Bonchev–Trinajstić information content (AvgIpc) is 2.61. The van der Waals surface area contributed by atoms with Gasteiger partial charge in [0.15, 0.2) is 0 Å². The molecule has 0 atom stereocenters. The number of amides is 1. The highest BCUT2D eigenvalue weighted by Crippen LogP contribution is 2.35. The standard InChI is InChI=1S/C18H21ClN2O4/c1-11-5-6-15(23-2)13(7-11)20-10-18(22)21-14-9-16(24-3)12(19)8-17(14)25-4/h5-9,20H,10H2,1-4H3,(H,21,22). The molecule has 1 amide bonds. The molecule has 0 spiro atoms. The molecule has 0 radical (unpaired) electrons. The molecule has 25 heavy (non-hydrogen) atoms. The van der Waals surface area contributed by atoms with Gasteiger partial charge in [-0.1, -0.05) is 17.7 Å². The SMILES string of the molecule is COc1cc(NC(=O)CNc2cc(C)ccc2OC)c(OC)cc1Cl. The second-order valence-corrected chi connectivity index (χ2v) is 5.70. The quantitative estimate of drug-likeness (QED) is 0.783. The number of methoxy groups -OCH3 is 3. The number of halogens is 1. The summed E-state index contributed by atoms with van der Waals surface area (Å²) in [7, 11) is 4.59. The predicted octanol–water partition coefficient (Wildman–Crippen LogP) is 3.72. The van der Waals surface area contributed by atoms with Gasteiger partial charge in [0.1, 0.15) is 17.2 Å². The second kappa shape index (κ2) is 8.48. The number of hydrogen-bond donors (Lipinski definition) is 2. The Kier molecular flexibility index (Phi) is 6.36. The fraction of sp³-hybridized carbons (Fsp3) is 0.278.